The lowest BCUT2D eigenvalue weighted by atomic mass is 10.1. The Bertz CT molecular complexity index is 309. The number of benzene rings is 1. The van der Waals surface area contributed by atoms with Crippen LogP contribution in [-0.4, -0.2) is 0 Å². The van der Waals surface area contributed by atoms with Gasteiger partial charge in [0.25, 0.3) is 0 Å². The molecule has 0 unspecified atom stereocenters. The van der Waals surface area contributed by atoms with Crippen LogP contribution in [0.15, 0.2) is 18.2 Å². The van der Waals surface area contributed by atoms with Crippen molar-refractivity contribution < 1.29 is 13.2 Å². The molecule has 0 fully saturated rings. The summed E-state index contributed by atoms with van der Waals surface area (Å²) in [5, 5.41) is -0.350. The van der Waals surface area contributed by atoms with Gasteiger partial charge in [0.2, 0.25) is 0 Å². The van der Waals surface area contributed by atoms with Gasteiger partial charge in [-0.1, -0.05) is 23.2 Å². The van der Waals surface area contributed by atoms with E-state index in [0.717, 1.165) is 12.1 Å². The van der Waals surface area contributed by atoms with Crippen molar-refractivity contribution in [2.75, 3.05) is 0 Å². The standard InChI is InChI=1S/C8H6ClF3N/c9-7-3-5(4-13)1-2-6(7)8(10,11)12/h1-3,13H,4H2/q-1. The highest BCUT2D eigenvalue weighted by Gasteiger charge is 2.32. The summed E-state index contributed by atoms with van der Waals surface area (Å²) < 4.78 is 36.5. The molecular formula is C8H6ClF3N-. The molecule has 1 N–H and O–H groups in total. The predicted octanol–water partition coefficient (Wildman–Crippen LogP) is 3.91. The number of alkyl halides is 3. The monoisotopic (exact) mass is 208 g/mol. The summed E-state index contributed by atoms with van der Waals surface area (Å²) in [7, 11) is 0. The second kappa shape index (κ2) is 3.55. The molecular weight excluding hydrogens is 203 g/mol. The van der Waals surface area contributed by atoms with Crippen LogP contribution >= 0.6 is 11.6 Å². The van der Waals surface area contributed by atoms with Gasteiger partial charge in [0.1, 0.15) is 0 Å². The Labute approximate surface area is 78.3 Å². The summed E-state index contributed by atoms with van der Waals surface area (Å²) in [6.45, 7) is -0.0716. The zero-order chi connectivity index (χ0) is 10.1. The first-order valence-electron chi connectivity index (χ1n) is 3.45. The summed E-state index contributed by atoms with van der Waals surface area (Å²) in [6.07, 6.45) is -4.42. The van der Waals surface area contributed by atoms with E-state index in [9.17, 15) is 13.2 Å². The third-order valence-electron chi connectivity index (χ3n) is 1.54. The lowest BCUT2D eigenvalue weighted by Gasteiger charge is -2.10. The average Bonchev–Trinajstić information content (AvgIpc) is 2.01. The lowest BCUT2D eigenvalue weighted by Crippen LogP contribution is -2.05. The Kier molecular flexibility index (Phi) is 2.83. The molecule has 1 nitrogen and oxygen atoms in total. The van der Waals surface area contributed by atoms with Crippen molar-refractivity contribution in [3.63, 3.8) is 0 Å². The summed E-state index contributed by atoms with van der Waals surface area (Å²) in [4.78, 5) is 0. The topological polar surface area (TPSA) is 23.8 Å². The summed E-state index contributed by atoms with van der Waals surface area (Å²) in [6, 6.07) is 3.31. The van der Waals surface area contributed by atoms with Gasteiger partial charge in [-0.2, -0.15) is 13.2 Å². The molecule has 0 heterocycles. The van der Waals surface area contributed by atoms with E-state index in [1.54, 1.807) is 0 Å². The van der Waals surface area contributed by atoms with Gasteiger partial charge >= 0.3 is 6.18 Å². The molecule has 0 bridgehead atoms. The van der Waals surface area contributed by atoms with Gasteiger partial charge in [-0.3, -0.25) is 0 Å². The molecule has 13 heavy (non-hydrogen) atoms. The third-order valence-corrected chi connectivity index (χ3v) is 1.86. The fourth-order valence-electron chi connectivity index (χ4n) is 0.898. The largest absolute Gasteiger partial charge is 0.674 e. The van der Waals surface area contributed by atoms with E-state index in [4.69, 9.17) is 17.3 Å². The van der Waals surface area contributed by atoms with Crippen LogP contribution in [0, 0.1) is 0 Å². The van der Waals surface area contributed by atoms with Crippen molar-refractivity contribution >= 4 is 11.6 Å². The molecule has 0 atom stereocenters. The van der Waals surface area contributed by atoms with Crippen LogP contribution < -0.4 is 0 Å². The van der Waals surface area contributed by atoms with Crippen LogP contribution in [0.3, 0.4) is 0 Å². The highest BCUT2D eigenvalue weighted by molar-refractivity contribution is 6.31. The molecule has 0 aromatic heterocycles. The molecule has 0 amide bonds. The zero-order valence-corrected chi connectivity index (χ0v) is 7.21. The van der Waals surface area contributed by atoms with Crippen molar-refractivity contribution in [2.24, 2.45) is 0 Å². The van der Waals surface area contributed by atoms with Gasteiger partial charge in [0.05, 0.1) is 10.6 Å². The highest BCUT2D eigenvalue weighted by atomic mass is 35.5. The van der Waals surface area contributed by atoms with Gasteiger partial charge in [-0.15, -0.1) is 6.54 Å². The number of rotatable bonds is 1. The molecule has 0 aliphatic heterocycles. The Hall–Kier alpha value is -0.740. The van der Waals surface area contributed by atoms with Crippen LogP contribution in [0.25, 0.3) is 5.73 Å². The van der Waals surface area contributed by atoms with Gasteiger partial charge in [-0.25, -0.2) is 0 Å². The molecule has 0 saturated carbocycles. The molecule has 0 radical (unpaired) electrons. The van der Waals surface area contributed by atoms with Crippen molar-refractivity contribution in [1.29, 1.82) is 0 Å². The second-order valence-electron chi connectivity index (χ2n) is 2.49. The number of hydrogen-bond acceptors (Lipinski definition) is 0. The molecule has 5 heteroatoms. The fourth-order valence-corrected chi connectivity index (χ4v) is 1.21. The molecule has 0 saturated heterocycles. The SMILES string of the molecule is [NH-]Cc1ccc(C(F)(F)F)c(Cl)c1. The van der Waals surface area contributed by atoms with E-state index in [2.05, 4.69) is 0 Å². The van der Waals surface area contributed by atoms with Gasteiger partial charge in [-0.05, 0) is 12.1 Å². The van der Waals surface area contributed by atoms with E-state index in [1.807, 2.05) is 0 Å². The molecule has 0 aliphatic carbocycles. The number of hydrogen-bond donors (Lipinski definition) is 0. The van der Waals surface area contributed by atoms with Gasteiger partial charge in [0.15, 0.2) is 0 Å². The van der Waals surface area contributed by atoms with E-state index in [-0.39, 0.29) is 11.6 Å². The first-order valence-corrected chi connectivity index (χ1v) is 3.83. The Morgan fingerprint density at radius 2 is 1.92 bits per heavy atom. The Morgan fingerprint density at radius 1 is 1.31 bits per heavy atom. The molecule has 1 aromatic rings. The highest BCUT2D eigenvalue weighted by Crippen LogP contribution is 2.34. The normalized spacial score (nSPS) is 11.8. The maximum Gasteiger partial charge on any atom is 0.417 e. The van der Waals surface area contributed by atoms with Crippen LogP contribution in [0.2, 0.25) is 5.02 Å². The van der Waals surface area contributed by atoms with E-state index in [0.29, 0.717) is 5.56 Å². The quantitative estimate of drug-likeness (QED) is 0.668. The van der Waals surface area contributed by atoms with Gasteiger partial charge < -0.3 is 5.73 Å². The first-order chi connectivity index (χ1) is 5.95. The molecule has 1 aromatic carbocycles. The minimum absolute atomic E-state index is 0.0716. The average molecular weight is 209 g/mol. The van der Waals surface area contributed by atoms with Crippen molar-refractivity contribution in [3.05, 3.63) is 40.1 Å². The molecule has 1 rings (SSSR count). The van der Waals surface area contributed by atoms with E-state index < -0.39 is 11.7 Å². The van der Waals surface area contributed by atoms with Crippen molar-refractivity contribution in [2.45, 2.75) is 12.7 Å². The van der Waals surface area contributed by atoms with Crippen molar-refractivity contribution in [3.8, 4) is 0 Å². The van der Waals surface area contributed by atoms with Crippen LogP contribution in [0.5, 0.6) is 0 Å². The lowest BCUT2D eigenvalue weighted by molar-refractivity contribution is -0.137. The van der Waals surface area contributed by atoms with E-state index in [1.165, 1.54) is 6.07 Å². The Morgan fingerprint density at radius 3 is 2.31 bits per heavy atom. The molecule has 0 spiro atoms. The van der Waals surface area contributed by atoms with Crippen LogP contribution in [0.1, 0.15) is 11.1 Å². The second-order valence-corrected chi connectivity index (χ2v) is 2.90. The fraction of sp³-hybridized carbons (Fsp3) is 0.250. The number of nitrogens with one attached hydrogen (secondary N) is 1. The number of halogens is 4. The van der Waals surface area contributed by atoms with Gasteiger partial charge in [0, 0.05) is 0 Å². The summed E-state index contributed by atoms with van der Waals surface area (Å²) in [5.74, 6) is 0. The predicted molar refractivity (Wildman–Crippen MR) is 44.5 cm³/mol. The third kappa shape index (κ3) is 2.35. The summed E-state index contributed by atoms with van der Waals surface area (Å²) >= 11 is 5.39. The maximum atomic E-state index is 12.2. The minimum atomic E-state index is -4.42. The summed E-state index contributed by atoms with van der Waals surface area (Å²) in [5.41, 5.74) is 6.54. The van der Waals surface area contributed by atoms with E-state index >= 15 is 0 Å². The zero-order valence-electron chi connectivity index (χ0n) is 6.45. The smallest absolute Gasteiger partial charge is 0.417 e. The van der Waals surface area contributed by atoms with Crippen LogP contribution in [-0.2, 0) is 12.7 Å². The molecule has 0 aliphatic rings. The van der Waals surface area contributed by atoms with Crippen molar-refractivity contribution in [1.82, 2.24) is 0 Å². The molecule has 72 valence electrons. The first kappa shape index (κ1) is 10.3. The maximum absolute atomic E-state index is 12.2. The Balaban J connectivity index is 3.13. The minimum Gasteiger partial charge on any atom is -0.674 e. The van der Waals surface area contributed by atoms with Crippen LogP contribution in [0.4, 0.5) is 13.2 Å².